The van der Waals surface area contributed by atoms with Gasteiger partial charge in [0.25, 0.3) is 0 Å². The average Bonchev–Trinajstić information content (AvgIpc) is 2.47. The second-order valence-electron chi connectivity index (χ2n) is 3.88. The number of para-hydroxylation sites is 1. The van der Waals surface area contributed by atoms with Gasteiger partial charge in [-0.15, -0.1) is 0 Å². The van der Waals surface area contributed by atoms with E-state index >= 15 is 0 Å². The number of azide groups is 1. The Labute approximate surface area is 111 Å². The van der Waals surface area contributed by atoms with Crippen molar-refractivity contribution in [3.63, 3.8) is 0 Å². The van der Waals surface area contributed by atoms with Gasteiger partial charge in [0, 0.05) is 16.2 Å². The summed E-state index contributed by atoms with van der Waals surface area (Å²) in [5.74, 6) is 0. The number of nitrogens with one attached hydrogen (secondary N) is 1. The molecule has 0 saturated carbocycles. The van der Waals surface area contributed by atoms with Crippen molar-refractivity contribution in [2.45, 2.75) is 6.92 Å². The zero-order valence-corrected chi connectivity index (χ0v) is 10.5. The van der Waals surface area contributed by atoms with Gasteiger partial charge >= 0.3 is 0 Å². The van der Waals surface area contributed by atoms with Crippen LogP contribution in [0.15, 0.2) is 64.8 Å². The van der Waals surface area contributed by atoms with E-state index in [1.165, 1.54) is 0 Å². The Morgan fingerprint density at radius 3 is 2.47 bits per heavy atom. The van der Waals surface area contributed by atoms with Gasteiger partial charge in [-0.2, -0.15) is 5.10 Å². The lowest BCUT2D eigenvalue weighted by Gasteiger charge is -2.05. The van der Waals surface area contributed by atoms with E-state index in [1.807, 2.05) is 55.5 Å². The van der Waals surface area contributed by atoms with Crippen LogP contribution in [-0.4, -0.2) is 5.71 Å². The third-order valence-corrected chi connectivity index (χ3v) is 2.57. The molecular formula is C14H13N5. The van der Waals surface area contributed by atoms with Crippen LogP contribution in [-0.2, 0) is 0 Å². The topological polar surface area (TPSA) is 73.2 Å². The van der Waals surface area contributed by atoms with Crippen LogP contribution >= 0.6 is 0 Å². The molecule has 94 valence electrons. The first-order valence-electron chi connectivity index (χ1n) is 5.81. The van der Waals surface area contributed by atoms with Crippen molar-refractivity contribution in [1.29, 1.82) is 0 Å². The van der Waals surface area contributed by atoms with Crippen LogP contribution in [0.2, 0.25) is 0 Å². The third-order valence-electron chi connectivity index (χ3n) is 2.57. The average molecular weight is 251 g/mol. The van der Waals surface area contributed by atoms with Crippen LogP contribution in [0.4, 0.5) is 11.4 Å². The Morgan fingerprint density at radius 2 is 1.74 bits per heavy atom. The quantitative estimate of drug-likeness (QED) is 0.281. The lowest BCUT2D eigenvalue weighted by Crippen LogP contribution is -1.99. The molecule has 0 aliphatic rings. The maximum absolute atomic E-state index is 8.54. The molecule has 0 fully saturated rings. The highest BCUT2D eigenvalue weighted by atomic mass is 15.3. The summed E-state index contributed by atoms with van der Waals surface area (Å²) in [4.78, 5) is 2.82. The van der Waals surface area contributed by atoms with Crippen molar-refractivity contribution in [1.82, 2.24) is 0 Å². The molecule has 0 aliphatic carbocycles. The van der Waals surface area contributed by atoms with E-state index < -0.39 is 0 Å². The Kier molecular flexibility index (Phi) is 4.16. The van der Waals surface area contributed by atoms with Gasteiger partial charge in [-0.3, -0.25) is 5.43 Å². The molecule has 0 saturated heterocycles. The van der Waals surface area contributed by atoms with Crippen LogP contribution in [0.3, 0.4) is 0 Å². The summed E-state index contributed by atoms with van der Waals surface area (Å²) in [6.07, 6.45) is 0. The molecule has 0 heterocycles. The molecule has 0 unspecified atom stereocenters. The van der Waals surface area contributed by atoms with Crippen molar-refractivity contribution in [2.75, 3.05) is 5.43 Å². The van der Waals surface area contributed by atoms with E-state index in [1.54, 1.807) is 6.07 Å². The molecule has 0 aromatic heterocycles. The van der Waals surface area contributed by atoms with E-state index in [-0.39, 0.29) is 0 Å². The molecule has 0 atom stereocenters. The van der Waals surface area contributed by atoms with Gasteiger partial charge in [0.1, 0.15) is 0 Å². The second-order valence-corrected chi connectivity index (χ2v) is 3.88. The van der Waals surface area contributed by atoms with Crippen LogP contribution in [0.5, 0.6) is 0 Å². The molecule has 1 N–H and O–H groups in total. The SMILES string of the molecule is CC(=NNc1ccccc1)c1ccccc1N=[N+]=[N-]. The zero-order chi connectivity index (χ0) is 13.5. The van der Waals surface area contributed by atoms with Crippen LogP contribution < -0.4 is 5.43 Å². The summed E-state index contributed by atoms with van der Waals surface area (Å²) in [6.45, 7) is 1.86. The fourth-order valence-corrected chi connectivity index (χ4v) is 1.64. The Hall–Kier alpha value is -2.78. The number of anilines is 1. The second kappa shape index (κ2) is 6.23. The van der Waals surface area contributed by atoms with Gasteiger partial charge in [0.15, 0.2) is 0 Å². The number of hydrogen-bond acceptors (Lipinski definition) is 3. The first-order valence-corrected chi connectivity index (χ1v) is 5.81. The summed E-state index contributed by atoms with van der Waals surface area (Å²) >= 11 is 0. The lowest BCUT2D eigenvalue weighted by atomic mass is 10.1. The van der Waals surface area contributed by atoms with E-state index in [0.29, 0.717) is 5.69 Å². The van der Waals surface area contributed by atoms with E-state index in [4.69, 9.17) is 5.53 Å². The van der Waals surface area contributed by atoms with Gasteiger partial charge in [-0.05, 0) is 24.6 Å². The highest BCUT2D eigenvalue weighted by molar-refractivity contribution is 6.03. The molecule has 0 amide bonds. The zero-order valence-electron chi connectivity index (χ0n) is 10.5. The minimum atomic E-state index is 0.570. The summed E-state index contributed by atoms with van der Waals surface area (Å²) in [6, 6.07) is 17.0. The Morgan fingerprint density at radius 1 is 1.05 bits per heavy atom. The van der Waals surface area contributed by atoms with Gasteiger partial charge in [-0.1, -0.05) is 47.6 Å². The molecule has 0 bridgehead atoms. The number of benzene rings is 2. The van der Waals surface area contributed by atoms with Crippen LogP contribution in [0.25, 0.3) is 10.4 Å². The fraction of sp³-hybridized carbons (Fsp3) is 0.0714. The van der Waals surface area contributed by atoms with Gasteiger partial charge < -0.3 is 0 Å². The Bertz CT molecular complexity index is 627. The molecule has 0 aliphatic heterocycles. The molecule has 5 heteroatoms. The molecule has 0 radical (unpaired) electrons. The maximum Gasteiger partial charge on any atom is 0.0653 e. The molecule has 0 spiro atoms. The predicted octanol–water partition coefficient (Wildman–Crippen LogP) is 4.46. The smallest absolute Gasteiger partial charge is 0.0653 e. The minimum Gasteiger partial charge on any atom is -0.278 e. The fourth-order valence-electron chi connectivity index (χ4n) is 1.64. The first kappa shape index (κ1) is 12.7. The molecular weight excluding hydrogens is 238 g/mol. The normalized spacial score (nSPS) is 10.7. The standard InChI is InChI=1S/C14H13N5/c1-11(16-17-12-7-3-2-4-8-12)13-9-5-6-10-14(13)18-19-15/h2-10,17H,1H3. The highest BCUT2D eigenvalue weighted by Crippen LogP contribution is 2.19. The monoisotopic (exact) mass is 251 g/mol. The van der Waals surface area contributed by atoms with Crippen molar-refractivity contribution in [3.05, 3.63) is 70.6 Å². The van der Waals surface area contributed by atoms with Crippen molar-refractivity contribution >= 4 is 17.1 Å². The summed E-state index contributed by atoms with van der Waals surface area (Å²) in [7, 11) is 0. The predicted molar refractivity (Wildman–Crippen MR) is 77.5 cm³/mol. The van der Waals surface area contributed by atoms with Crippen molar-refractivity contribution in [2.24, 2.45) is 10.2 Å². The first-order chi connectivity index (χ1) is 9.31. The van der Waals surface area contributed by atoms with E-state index in [0.717, 1.165) is 17.0 Å². The van der Waals surface area contributed by atoms with Gasteiger partial charge in [0.2, 0.25) is 0 Å². The lowest BCUT2D eigenvalue weighted by molar-refractivity contribution is 1.31. The Balaban J connectivity index is 2.24. The van der Waals surface area contributed by atoms with Gasteiger partial charge in [-0.25, -0.2) is 0 Å². The largest absolute Gasteiger partial charge is 0.278 e. The third kappa shape index (κ3) is 3.34. The summed E-state index contributed by atoms with van der Waals surface area (Å²) < 4.78 is 0. The van der Waals surface area contributed by atoms with Crippen LogP contribution in [0.1, 0.15) is 12.5 Å². The number of nitrogens with zero attached hydrogens (tertiary/aromatic N) is 4. The van der Waals surface area contributed by atoms with E-state index in [2.05, 4.69) is 20.6 Å². The number of hydrogen-bond donors (Lipinski definition) is 1. The number of hydrazone groups is 1. The van der Waals surface area contributed by atoms with Gasteiger partial charge in [0.05, 0.1) is 11.4 Å². The molecule has 2 aromatic carbocycles. The van der Waals surface area contributed by atoms with Crippen LogP contribution in [0, 0.1) is 0 Å². The minimum absolute atomic E-state index is 0.570. The number of rotatable bonds is 4. The highest BCUT2D eigenvalue weighted by Gasteiger charge is 2.02. The maximum atomic E-state index is 8.54. The molecule has 2 rings (SSSR count). The molecule has 19 heavy (non-hydrogen) atoms. The summed E-state index contributed by atoms with van der Waals surface area (Å²) in [5.41, 5.74) is 14.5. The van der Waals surface area contributed by atoms with E-state index in [9.17, 15) is 0 Å². The summed E-state index contributed by atoms with van der Waals surface area (Å²) in [5, 5.41) is 7.95. The van der Waals surface area contributed by atoms with Crippen molar-refractivity contribution in [3.8, 4) is 0 Å². The molecule has 2 aromatic rings. The van der Waals surface area contributed by atoms with Crippen molar-refractivity contribution < 1.29 is 0 Å². The molecule has 5 nitrogen and oxygen atoms in total.